The van der Waals surface area contributed by atoms with Crippen LogP contribution in [0.25, 0.3) is 32.8 Å². The molecule has 2 unspecified atom stereocenters. The number of rotatable bonds is 2. The highest BCUT2D eigenvalue weighted by atomic mass is 15.2. The standard InChI is InChI=1S/C45H54N4/c1-28-23-33-18-21-48-43-31(4)49(35-15-11-8-12-16-35)30(3)25-29(2)47(34-13-9-7-10-14-34)22-19-36(43)41-37-27-46-20-17-32(37)26-39-42(41)44(48)40(33)38(24-28)45(39,5)6/h17-18,20-21,23-27,34-36,43H,4,7-16,19,22H2,1-3,5-6H3/q+2. The van der Waals surface area contributed by atoms with Crippen molar-refractivity contribution in [2.24, 2.45) is 0 Å². The van der Waals surface area contributed by atoms with Crippen LogP contribution < -0.4 is 4.57 Å². The maximum Gasteiger partial charge on any atom is 0.221 e. The lowest BCUT2D eigenvalue weighted by molar-refractivity contribution is -0.710. The molecule has 0 bridgehead atoms. The van der Waals surface area contributed by atoms with Gasteiger partial charge in [0.15, 0.2) is 18.0 Å². The van der Waals surface area contributed by atoms with Crippen molar-refractivity contribution in [3.8, 4) is 11.3 Å². The highest BCUT2D eigenvalue weighted by Gasteiger charge is 2.51. The summed E-state index contributed by atoms with van der Waals surface area (Å²) in [6, 6.07) is 13.3. The molecule has 49 heavy (non-hydrogen) atoms. The third kappa shape index (κ3) is 4.72. The Morgan fingerprint density at radius 3 is 2.39 bits per heavy atom. The summed E-state index contributed by atoms with van der Waals surface area (Å²) in [7, 11) is 0. The van der Waals surface area contributed by atoms with Gasteiger partial charge in [-0.05, 0) is 79.1 Å². The van der Waals surface area contributed by atoms with Gasteiger partial charge in [0.25, 0.3) is 0 Å². The van der Waals surface area contributed by atoms with Crippen molar-refractivity contribution >= 4 is 27.3 Å². The van der Waals surface area contributed by atoms with Crippen molar-refractivity contribution < 1.29 is 9.14 Å². The predicted octanol–water partition coefficient (Wildman–Crippen LogP) is 10.2. The van der Waals surface area contributed by atoms with Gasteiger partial charge in [0, 0.05) is 73.3 Å². The molecule has 0 spiro atoms. The molecule has 2 atom stereocenters. The fourth-order valence-electron chi connectivity index (χ4n) is 11.1. The molecule has 2 saturated carbocycles. The van der Waals surface area contributed by atoms with Crippen molar-refractivity contribution in [1.29, 1.82) is 0 Å². The molecule has 4 nitrogen and oxygen atoms in total. The second kappa shape index (κ2) is 11.6. The quantitative estimate of drug-likeness (QED) is 0.202. The first-order valence-corrected chi connectivity index (χ1v) is 19.4. The zero-order chi connectivity index (χ0) is 33.6. The number of fused-ring (bicyclic) bond motifs is 5. The molecule has 2 fully saturated rings. The largest absolute Gasteiger partial charge is 0.340 e. The monoisotopic (exact) mass is 650 g/mol. The molecule has 252 valence electrons. The average molecular weight is 651 g/mol. The number of aromatic nitrogens is 2. The van der Waals surface area contributed by atoms with Crippen LogP contribution in [-0.4, -0.2) is 38.8 Å². The van der Waals surface area contributed by atoms with E-state index in [0.717, 1.165) is 13.0 Å². The topological polar surface area (TPSA) is 23.0 Å². The van der Waals surface area contributed by atoms with E-state index in [-0.39, 0.29) is 17.4 Å². The molecule has 0 radical (unpaired) electrons. The van der Waals surface area contributed by atoms with Crippen LogP contribution in [0.4, 0.5) is 0 Å². The van der Waals surface area contributed by atoms with Gasteiger partial charge in [-0.25, -0.2) is 4.58 Å². The van der Waals surface area contributed by atoms with Crippen LogP contribution in [0.3, 0.4) is 0 Å². The molecule has 5 aliphatic rings. The molecule has 3 aliphatic carbocycles. The molecular weight excluding hydrogens is 597 g/mol. The van der Waals surface area contributed by atoms with Gasteiger partial charge in [0.1, 0.15) is 6.54 Å². The molecule has 2 aromatic carbocycles. The lowest BCUT2D eigenvalue weighted by Gasteiger charge is -2.44. The van der Waals surface area contributed by atoms with E-state index >= 15 is 0 Å². The maximum atomic E-state index is 5.15. The Bertz CT molecular complexity index is 2080. The van der Waals surface area contributed by atoms with Crippen LogP contribution in [0.15, 0.2) is 73.0 Å². The number of hydrogen-bond donors (Lipinski definition) is 0. The SMILES string of the molecule is C=C1C2C(CC/[N+](C3CCCCC3)=C(C)\C=C(\C)N1C1CCCCC1)c1c3c(cc4ccncc14)C(C)(C)c1cc(C)cc4cc[n+]2c-3c14. The Morgan fingerprint density at radius 2 is 1.61 bits per heavy atom. The van der Waals surface area contributed by atoms with E-state index in [1.165, 1.54) is 136 Å². The third-order valence-electron chi connectivity index (χ3n) is 13.4. The Hall–Kier alpha value is -3.79. The van der Waals surface area contributed by atoms with Crippen LogP contribution in [0, 0.1) is 6.92 Å². The molecule has 0 saturated heterocycles. The molecule has 9 rings (SSSR count). The highest BCUT2D eigenvalue weighted by molar-refractivity contribution is 6.05. The van der Waals surface area contributed by atoms with Crippen LogP contribution in [0.2, 0.25) is 0 Å². The van der Waals surface area contributed by atoms with Crippen molar-refractivity contribution in [2.45, 2.75) is 135 Å². The van der Waals surface area contributed by atoms with Gasteiger partial charge in [0.05, 0.1) is 22.6 Å². The summed E-state index contributed by atoms with van der Waals surface area (Å²) in [6.45, 7) is 18.2. The molecule has 4 aromatic rings. The zero-order valence-electron chi connectivity index (χ0n) is 30.5. The second-order valence-corrected chi connectivity index (χ2v) is 16.7. The zero-order valence-corrected chi connectivity index (χ0v) is 30.5. The van der Waals surface area contributed by atoms with E-state index < -0.39 is 0 Å². The van der Waals surface area contributed by atoms with Crippen LogP contribution in [-0.2, 0) is 5.41 Å². The molecular formula is C45H54N4+2. The Kier molecular flexibility index (Phi) is 7.41. The van der Waals surface area contributed by atoms with Gasteiger partial charge in [-0.15, -0.1) is 0 Å². The molecule has 4 heteroatoms. The van der Waals surface area contributed by atoms with E-state index in [2.05, 4.69) is 97.5 Å². The summed E-state index contributed by atoms with van der Waals surface area (Å²) in [5.74, 6) is 0.280. The van der Waals surface area contributed by atoms with Crippen molar-refractivity contribution in [3.05, 3.63) is 95.2 Å². The van der Waals surface area contributed by atoms with E-state index in [1.54, 1.807) is 0 Å². The summed E-state index contributed by atoms with van der Waals surface area (Å²) in [4.78, 5) is 7.53. The molecule has 0 N–H and O–H groups in total. The number of hydrogen-bond acceptors (Lipinski definition) is 2. The number of nitrogens with zero attached hydrogens (tertiary/aromatic N) is 4. The molecule has 0 amide bonds. The fraction of sp³-hybridized carbons (Fsp3) is 0.489. The Morgan fingerprint density at radius 1 is 0.857 bits per heavy atom. The minimum Gasteiger partial charge on any atom is -0.340 e. The number of aryl methyl sites for hydroxylation is 1. The third-order valence-corrected chi connectivity index (χ3v) is 13.4. The molecule has 2 aromatic heterocycles. The fourth-order valence-corrected chi connectivity index (χ4v) is 11.1. The smallest absolute Gasteiger partial charge is 0.221 e. The first kappa shape index (κ1) is 31.2. The van der Waals surface area contributed by atoms with Gasteiger partial charge in [0.2, 0.25) is 11.7 Å². The van der Waals surface area contributed by atoms with Gasteiger partial charge in [-0.3, -0.25) is 4.98 Å². The minimum atomic E-state index is -0.121. The maximum absolute atomic E-state index is 5.15. The first-order chi connectivity index (χ1) is 23.7. The summed E-state index contributed by atoms with van der Waals surface area (Å²) in [6.07, 6.45) is 23.4. The Labute approximate surface area is 293 Å². The van der Waals surface area contributed by atoms with Crippen molar-refractivity contribution in [3.63, 3.8) is 0 Å². The van der Waals surface area contributed by atoms with Crippen molar-refractivity contribution in [2.75, 3.05) is 6.54 Å². The van der Waals surface area contributed by atoms with Gasteiger partial charge >= 0.3 is 0 Å². The van der Waals surface area contributed by atoms with Crippen LogP contribution in [0.1, 0.15) is 133 Å². The number of benzene rings is 2. The number of allylic oxidation sites excluding steroid dienone is 3. The lowest BCUT2D eigenvalue weighted by atomic mass is 9.64. The van der Waals surface area contributed by atoms with E-state index in [0.29, 0.717) is 12.1 Å². The first-order valence-electron chi connectivity index (χ1n) is 19.4. The molecule has 2 aliphatic heterocycles. The van der Waals surface area contributed by atoms with Gasteiger partial charge < -0.3 is 4.90 Å². The van der Waals surface area contributed by atoms with Gasteiger partial charge in [-0.1, -0.05) is 63.8 Å². The Balaban J connectivity index is 1.36. The molecule has 4 heterocycles. The van der Waals surface area contributed by atoms with Crippen LogP contribution >= 0.6 is 0 Å². The van der Waals surface area contributed by atoms with E-state index in [4.69, 9.17) is 11.6 Å². The minimum absolute atomic E-state index is 0.121. The van der Waals surface area contributed by atoms with Crippen LogP contribution in [0.5, 0.6) is 0 Å². The summed E-state index contributed by atoms with van der Waals surface area (Å²) < 4.78 is 5.53. The number of pyridine rings is 2. The second-order valence-electron chi connectivity index (χ2n) is 16.7. The predicted molar refractivity (Wildman–Crippen MR) is 202 cm³/mol. The van der Waals surface area contributed by atoms with E-state index in [9.17, 15) is 0 Å². The van der Waals surface area contributed by atoms with E-state index in [1.807, 2.05) is 6.20 Å². The summed E-state index contributed by atoms with van der Waals surface area (Å²) in [5.41, 5.74) is 12.6. The normalized spacial score (nSPS) is 26.8. The average Bonchev–Trinajstić information content (AvgIpc) is 3.10. The van der Waals surface area contributed by atoms with Crippen molar-refractivity contribution in [1.82, 2.24) is 9.88 Å². The summed E-state index contributed by atoms with van der Waals surface area (Å²) in [5, 5.41) is 5.44. The lowest BCUT2D eigenvalue weighted by Crippen LogP contribution is -2.54. The highest BCUT2D eigenvalue weighted by Crippen LogP contribution is 2.56. The van der Waals surface area contributed by atoms with Gasteiger partial charge in [-0.2, -0.15) is 4.57 Å². The summed E-state index contributed by atoms with van der Waals surface area (Å²) >= 11 is 0.